The van der Waals surface area contributed by atoms with E-state index >= 15 is 0 Å². The summed E-state index contributed by atoms with van der Waals surface area (Å²) in [4.78, 5) is 18.2. The van der Waals surface area contributed by atoms with Crippen LogP contribution in [0.4, 0.5) is 5.00 Å². The zero-order chi connectivity index (χ0) is 20.4. The van der Waals surface area contributed by atoms with Gasteiger partial charge in [-0.05, 0) is 54.7 Å². The Bertz CT molecular complexity index is 923. The van der Waals surface area contributed by atoms with E-state index in [9.17, 15) is 4.79 Å². The second kappa shape index (κ2) is 9.00. The van der Waals surface area contributed by atoms with Crippen molar-refractivity contribution in [3.05, 3.63) is 50.9 Å². The molecule has 0 atom stereocenters. The minimum atomic E-state index is -0.277. The molecule has 2 aliphatic rings. The molecule has 0 bridgehead atoms. The first-order chi connectivity index (χ1) is 14.0. The van der Waals surface area contributed by atoms with Crippen LogP contribution in [0.25, 0.3) is 0 Å². The number of carbonyl (C=O) groups excluding carboxylic acids is 1. The molecule has 154 valence electrons. The summed E-state index contributed by atoms with van der Waals surface area (Å²) in [7, 11) is 1.43. The molecule has 29 heavy (non-hydrogen) atoms. The summed E-state index contributed by atoms with van der Waals surface area (Å²) in [5.74, 6) is -0.277. The van der Waals surface area contributed by atoms with Crippen LogP contribution in [0.2, 0.25) is 5.02 Å². The molecule has 2 aromatic rings. The van der Waals surface area contributed by atoms with Gasteiger partial charge >= 0.3 is 5.97 Å². The molecule has 2 heterocycles. The quantitative estimate of drug-likeness (QED) is 0.557. The van der Waals surface area contributed by atoms with Gasteiger partial charge in [0, 0.05) is 42.6 Å². The van der Waals surface area contributed by atoms with E-state index in [0.717, 1.165) is 67.6 Å². The largest absolute Gasteiger partial charge is 0.465 e. The number of nitrogens with one attached hydrogen (secondary N) is 1. The molecule has 1 aliphatic heterocycles. The second-order valence-electron chi connectivity index (χ2n) is 7.38. The van der Waals surface area contributed by atoms with Crippen molar-refractivity contribution >= 4 is 51.2 Å². The highest BCUT2D eigenvalue weighted by atomic mass is 35.5. The summed E-state index contributed by atoms with van der Waals surface area (Å²) in [6, 6.07) is 8.01. The molecule has 5 nitrogen and oxygen atoms in total. The summed E-state index contributed by atoms with van der Waals surface area (Å²) >= 11 is 13.4. The van der Waals surface area contributed by atoms with Gasteiger partial charge in [0.2, 0.25) is 0 Å². The van der Waals surface area contributed by atoms with Gasteiger partial charge in [-0.15, -0.1) is 11.3 Å². The number of rotatable bonds is 4. The monoisotopic (exact) mass is 449 g/mol. The Hall–Kier alpha value is -1.67. The van der Waals surface area contributed by atoms with Gasteiger partial charge < -0.3 is 15.0 Å². The summed E-state index contributed by atoms with van der Waals surface area (Å²) in [6.07, 6.45) is 3.07. The lowest BCUT2D eigenvalue weighted by atomic mass is 10.1. The number of methoxy groups -OCH3 is 1. The maximum Gasteiger partial charge on any atom is 0.341 e. The fourth-order valence-corrected chi connectivity index (χ4v) is 5.83. The van der Waals surface area contributed by atoms with Crippen molar-refractivity contribution in [2.24, 2.45) is 0 Å². The van der Waals surface area contributed by atoms with Gasteiger partial charge in [0.05, 0.1) is 12.7 Å². The molecule has 1 aromatic carbocycles. The van der Waals surface area contributed by atoms with Crippen LogP contribution in [0.3, 0.4) is 0 Å². The van der Waals surface area contributed by atoms with Gasteiger partial charge in [0.25, 0.3) is 0 Å². The van der Waals surface area contributed by atoms with Crippen molar-refractivity contribution in [1.82, 2.24) is 9.80 Å². The third-order valence-electron chi connectivity index (χ3n) is 5.49. The van der Waals surface area contributed by atoms with Crippen molar-refractivity contribution in [2.45, 2.75) is 25.8 Å². The minimum Gasteiger partial charge on any atom is -0.465 e. The highest BCUT2D eigenvalue weighted by molar-refractivity contribution is 7.80. The molecule has 8 heteroatoms. The Morgan fingerprint density at radius 1 is 1.28 bits per heavy atom. The van der Waals surface area contributed by atoms with Crippen LogP contribution < -0.4 is 5.32 Å². The summed E-state index contributed by atoms with van der Waals surface area (Å²) < 4.78 is 5.02. The standard InChI is InChI=1S/C21H24ClN3O2S2/c1-27-20(26)18-16-6-3-7-17(16)29-19(18)23-21(28)25-10-8-24(9-11-25)13-14-4-2-5-15(22)12-14/h2,4-5,12H,3,6-11,13H2,1H3,(H,23,28). The lowest BCUT2D eigenvalue weighted by molar-refractivity contribution is 0.0601. The van der Waals surface area contributed by atoms with Gasteiger partial charge in [-0.3, -0.25) is 4.90 Å². The number of esters is 1. The van der Waals surface area contributed by atoms with Gasteiger partial charge in [0.15, 0.2) is 5.11 Å². The Balaban J connectivity index is 1.37. The SMILES string of the molecule is COC(=O)c1c(NC(=S)N2CCN(Cc3cccc(Cl)c3)CC2)sc2c1CCC2. The molecular formula is C21H24ClN3O2S2. The molecule has 1 aromatic heterocycles. The van der Waals surface area contributed by atoms with E-state index in [2.05, 4.69) is 21.2 Å². The van der Waals surface area contributed by atoms with Crippen LogP contribution in [-0.2, 0) is 24.1 Å². The maximum absolute atomic E-state index is 12.3. The molecule has 1 fully saturated rings. The summed E-state index contributed by atoms with van der Waals surface area (Å²) in [5, 5.41) is 5.61. The molecule has 0 radical (unpaired) electrons. The van der Waals surface area contributed by atoms with Crippen molar-refractivity contribution in [3.63, 3.8) is 0 Å². The van der Waals surface area contributed by atoms with Crippen molar-refractivity contribution in [1.29, 1.82) is 0 Å². The molecule has 0 unspecified atom stereocenters. The highest BCUT2D eigenvalue weighted by Gasteiger charge is 2.28. The zero-order valence-corrected chi connectivity index (χ0v) is 18.8. The van der Waals surface area contributed by atoms with Crippen molar-refractivity contribution in [3.8, 4) is 0 Å². The first-order valence-electron chi connectivity index (χ1n) is 9.80. The van der Waals surface area contributed by atoms with Gasteiger partial charge in [-0.1, -0.05) is 23.7 Å². The fourth-order valence-electron chi connectivity index (χ4n) is 3.99. The molecule has 1 saturated heterocycles. The van der Waals surface area contributed by atoms with Gasteiger partial charge in [-0.2, -0.15) is 0 Å². The number of hydrogen-bond donors (Lipinski definition) is 1. The van der Waals surface area contributed by atoms with E-state index in [1.807, 2.05) is 18.2 Å². The Kier molecular flexibility index (Phi) is 6.39. The number of nitrogens with zero attached hydrogens (tertiary/aromatic N) is 2. The van der Waals surface area contributed by atoms with E-state index in [0.29, 0.717) is 10.7 Å². The summed E-state index contributed by atoms with van der Waals surface area (Å²) in [6.45, 7) is 4.45. The number of thiophene rings is 1. The van der Waals surface area contributed by atoms with E-state index in [4.69, 9.17) is 28.6 Å². The number of halogens is 1. The molecule has 1 N–H and O–H groups in total. The number of piperazine rings is 1. The van der Waals surface area contributed by atoms with Crippen molar-refractivity contribution in [2.75, 3.05) is 38.6 Å². The average molecular weight is 450 g/mol. The predicted molar refractivity (Wildman–Crippen MR) is 122 cm³/mol. The third-order valence-corrected chi connectivity index (χ3v) is 7.29. The first kappa shape index (κ1) is 20.6. The number of anilines is 1. The smallest absolute Gasteiger partial charge is 0.341 e. The second-order valence-corrected chi connectivity index (χ2v) is 9.30. The molecule has 0 amide bonds. The van der Waals surface area contributed by atoms with E-state index in [1.54, 1.807) is 11.3 Å². The third kappa shape index (κ3) is 4.58. The van der Waals surface area contributed by atoms with Crippen LogP contribution >= 0.6 is 35.2 Å². The Labute approximate surface area is 185 Å². The fraction of sp³-hybridized carbons (Fsp3) is 0.429. The Morgan fingerprint density at radius 3 is 2.79 bits per heavy atom. The number of benzene rings is 1. The number of thiocarbonyl (C=S) groups is 1. The zero-order valence-electron chi connectivity index (χ0n) is 16.4. The molecule has 4 rings (SSSR count). The normalized spacial score (nSPS) is 16.6. The van der Waals surface area contributed by atoms with Gasteiger partial charge in [-0.25, -0.2) is 4.79 Å². The van der Waals surface area contributed by atoms with Crippen LogP contribution in [0.5, 0.6) is 0 Å². The number of aryl methyl sites for hydroxylation is 1. The first-order valence-corrected chi connectivity index (χ1v) is 11.4. The average Bonchev–Trinajstić information content (AvgIpc) is 3.29. The molecule has 0 saturated carbocycles. The van der Waals surface area contributed by atoms with Crippen LogP contribution in [0.1, 0.15) is 32.8 Å². The van der Waals surface area contributed by atoms with Crippen molar-refractivity contribution < 1.29 is 9.53 Å². The predicted octanol–water partition coefficient (Wildman–Crippen LogP) is 4.19. The van der Waals surface area contributed by atoms with Gasteiger partial charge in [0.1, 0.15) is 5.00 Å². The van der Waals surface area contributed by atoms with E-state index < -0.39 is 0 Å². The van der Waals surface area contributed by atoms with Crippen LogP contribution in [0.15, 0.2) is 24.3 Å². The Morgan fingerprint density at radius 2 is 2.07 bits per heavy atom. The van der Waals surface area contributed by atoms with Crippen LogP contribution in [0, 0.1) is 0 Å². The van der Waals surface area contributed by atoms with E-state index in [-0.39, 0.29) is 5.97 Å². The highest BCUT2D eigenvalue weighted by Crippen LogP contribution is 2.39. The number of hydrogen-bond acceptors (Lipinski definition) is 5. The van der Waals surface area contributed by atoms with E-state index in [1.165, 1.54) is 17.6 Å². The lowest BCUT2D eigenvalue weighted by Crippen LogP contribution is -2.49. The number of ether oxygens (including phenoxy) is 1. The number of fused-ring (bicyclic) bond motifs is 1. The molecular weight excluding hydrogens is 426 g/mol. The lowest BCUT2D eigenvalue weighted by Gasteiger charge is -2.36. The number of carbonyl (C=O) groups is 1. The summed E-state index contributed by atoms with van der Waals surface area (Å²) in [5.41, 5.74) is 3.04. The maximum atomic E-state index is 12.3. The minimum absolute atomic E-state index is 0.277. The molecule has 0 spiro atoms. The topological polar surface area (TPSA) is 44.8 Å². The van der Waals surface area contributed by atoms with Crippen LogP contribution in [-0.4, -0.2) is 54.2 Å². The molecule has 1 aliphatic carbocycles.